The molecule has 0 radical (unpaired) electrons. The maximum atomic E-state index is 5.33. The Kier molecular flexibility index (Phi) is 3.93. The summed E-state index contributed by atoms with van der Waals surface area (Å²) in [5.41, 5.74) is 8.60. The Bertz CT molecular complexity index is 129. The van der Waals surface area contributed by atoms with Crippen LogP contribution < -0.4 is 11.2 Å². The summed E-state index contributed by atoms with van der Waals surface area (Å²) in [4.78, 5) is 0. The predicted octanol–water partition coefficient (Wildman–Crippen LogP) is 1.30. The van der Waals surface area contributed by atoms with Gasteiger partial charge in [0, 0.05) is 6.54 Å². The highest BCUT2D eigenvalue weighted by Gasteiger charge is 2.08. The number of amidine groups is 1. The van der Waals surface area contributed by atoms with Crippen molar-refractivity contribution in [3.63, 3.8) is 0 Å². The fraction of sp³-hybridized carbons (Fsp3) is 0.875. The van der Waals surface area contributed by atoms with E-state index in [4.69, 9.17) is 5.73 Å². The average molecular weight is 157 g/mol. The highest BCUT2D eigenvalue weighted by atomic mass is 15.3. The van der Waals surface area contributed by atoms with Gasteiger partial charge < -0.3 is 11.2 Å². The van der Waals surface area contributed by atoms with Gasteiger partial charge in [0.1, 0.15) is 5.84 Å². The Hall–Kier alpha value is -0.730. The van der Waals surface area contributed by atoms with Gasteiger partial charge in [-0.15, -0.1) is 0 Å². The molecule has 0 amide bonds. The van der Waals surface area contributed by atoms with E-state index in [0.717, 1.165) is 13.0 Å². The maximum absolute atomic E-state index is 5.33. The van der Waals surface area contributed by atoms with Crippen LogP contribution >= 0.6 is 0 Å². The number of rotatable bonds is 3. The van der Waals surface area contributed by atoms with Crippen LogP contribution in [0, 0.1) is 5.41 Å². The minimum Gasteiger partial charge on any atom is -0.386 e. The molecule has 0 unspecified atom stereocenters. The molecule has 0 aliphatic carbocycles. The lowest BCUT2D eigenvalue weighted by molar-refractivity contribution is 0.369. The van der Waals surface area contributed by atoms with Gasteiger partial charge in [-0.2, -0.15) is 5.10 Å². The molecular formula is C8H19N3. The number of hydrogen-bond donors (Lipinski definition) is 2. The van der Waals surface area contributed by atoms with Gasteiger partial charge in [0.2, 0.25) is 0 Å². The number of nitrogens with two attached hydrogens (primary N) is 1. The molecule has 66 valence electrons. The van der Waals surface area contributed by atoms with E-state index in [0.29, 0.717) is 11.3 Å². The van der Waals surface area contributed by atoms with Crippen molar-refractivity contribution in [2.24, 2.45) is 16.3 Å². The molecule has 0 fully saturated rings. The van der Waals surface area contributed by atoms with E-state index in [2.05, 4.69) is 31.3 Å². The van der Waals surface area contributed by atoms with Gasteiger partial charge in [0.25, 0.3) is 0 Å². The number of nitrogens with zero attached hydrogens (tertiary/aromatic N) is 1. The molecule has 0 bridgehead atoms. The van der Waals surface area contributed by atoms with Crippen molar-refractivity contribution in [2.45, 2.75) is 34.1 Å². The number of nitrogens with one attached hydrogen (secondary N) is 1. The van der Waals surface area contributed by atoms with Gasteiger partial charge in [-0.25, -0.2) is 0 Å². The molecule has 3 heteroatoms. The summed E-state index contributed by atoms with van der Waals surface area (Å²) in [6, 6.07) is 0. The molecule has 0 atom stereocenters. The zero-order valence-corrected chi connectivity index (χ0v) is 7.94. The van der Waals surface area contributed by atoms with Crippen LogP contribution in [-0.4, -0.2) is 12.4 Å². The molecule has 3 N–H and O–H groups in total. The lowest BCUT2D eigenvalue weighted by atomic mass is 9.93. The lowest BCUT2D eigenvalue weighted by Gasteiger charge is -2.17. The Morgan fingerprint density at radius 3 is 2.36 bits per heavy atom. The first-order valence-corrected chi connectivity index (χ1v) is 3.94. The second-order valence-electron chi connectivity index (χ2n) is 3.97. The van der Waals surface area contributed by atoms with Crippen LogP contribution in [0.3, 0.4) is 0 Å². The zero-order valence-electron chi connectivity index (χ0n) is 7.94. The van der Waals surface area contributed by atoms with Crippen LogP contribution in [0.4, 0.5) is 0 Å². The van der Waals surface area contributed by atoms with E-state index in [-0.39, 0.29) is 0 Å². The number of hydrazone groups is 1. The summed E-state index contributed by atoms with van der Waals surface area (Å²) in [6.07, 6.45) is 1.10. The second kappa shape index (κ2) is 4.21. The van der Waals surface area contributed by atoms with Crippen LogP contribution in [0.2, 0.25) is 0 Å². The molecule has 0 saturated carbocycles. The third-order valence-corrected chi connectivity index (χ3v) is 1.24. The smallest absolute Gasteiger partial charge is 0.116 e. The summed E-state index contributed by atoms with van der Waals surface area (Å²) in [5, 5.41) is 3.87. The molecule has 0 aliphatic rings. The predicted molar refractivity (Wildman–Crippen MR) is 49.4 cm³/mol. The minimum atomic E-state index is 0.366. The van der Waals surface area contributed by atoms with Gasteiger partial charge in [0.15, 0.2) is 0 Å². The van der Waals surface area contributed by atoms with Crippen molar-refractivity contribution in [3.05, 3.63) is 0 Å². The molecular weight excluding hydrogens is 138 g/mol. The van der Waals surface area contributed by atoms with Crippen LogP contribution in [0.1, 0.15) is 34.1 Å². The largest absolute Gasteiger partial charge is 0.386 e. The summed E-state index contributed by atoms with van der Waals surface area (Å²) in [7, 11) is 0. The summed E-state index contributed by atoms with van der Waals surface area (Å²) < 4.78 is 0. The van der Waals surface area contributed by atoms with Crippen molar-refractivity contribution in [1.82, 2.24) is 5.43 Å². The van der Waals surface area contributed by atoms with E-state index in [1.54, 1.807) is 6.92 Å². The van der Waals surface area contributed by atoms with E-state index in [1.807, 2.05) is 0 Å². The molecule has 0 aromatic rings. The highest BCUT2D eigenvalue weighted by molar-refractivity contribution is 5.77. The first kappa shape index (κ1) is 10.3. The standard InChI is InChI=1S/C8H19N3/c1-7(9)11-10-6-5-8(2,3)4/h10H,5-6H2,1-4H3,(H2,9,11). The van der Waals surface area contributed by atoms with Crippen molar-refractivity contribution in [3.8, 4) is 0 Å². The van der Waals surface area contributed by atoms with Crippen LogP contribution in [0.15, 0.2) is 5.10 Å². The molecule has 3 nitrogen and oxygen atoms in total. The fourth-order valence-electron chi connectivity index (χ4n) is 0.612. The molecule has 0 saturated heterocycles. The quantitative estimate of drug-likeness (QED) is 0.281. The van der Waals surface area contributed by atoms with E-state index < -0.39 is 0 Å². The van der Waals surface area contributed by atoms with E-state index in [9.17, 15) is 0 Å². The first-order chi connectivity index (χ1) is 4.92. The van der Waals surface area contributed by atoms with Crippen molar-refractivity contribution < 1.29 is 0 Å². The lowest BCUT2D eigenvalue weighted by Crippen LogP contribution is -2.19. The zero-order chi connectivity index (χ0) is 8.91. The SMILES string of the molecule is CC(N)=NNCCC(C)(C)C. The molecule has 0 aromatic carbocycles. The normalized spacial score (nSPS) is 13.3. The Labute approximate surface area is 69.0 Å². The summed E-state index contributed by atoms with van der Waals surface area (Å²) in [6.45, 7) is 9.26. The Morgan fingerprint density at radius 2 is 2.00 bits per heavy atom. The molecule has 0 aromatic heterocycles. The molecule has 11 heavy (non-hydrogen) atoms. The van der Waals surface area contributed by atoms with E-state index in [1.165, 1.54) is 0 Å². The molecule has 0 aliphatic heterocycles. The van der Waals surface area contributed by atoms with Gasteiger partial charge in [-0.3, -0.25) is 0 Å². The van der Waals surface area contributed by atoms with Gasteiger partial charge >= 0.3 is 0 Å². The maximum Gasteiger partial charge on any atom is 0.116 e. The average Bonchev–Trinajstić information content (AvgIpc) is 1.78. The monoisotopic (exact) mass is 157 g/mol. The molecule has 0 spiro atoms. The first-order valence-electron chi connectivity index (χ1n) is 3.94. The third-order valence-electron chi connectivity index (χ3n) is 1.24. The minimum absolute atomic E-state index is 0.366. The fourth-order valence-corrected chi connectivity index (χ4v) is 0.612. The summed E-state index contributed by atoms with van der Waals surface area (Å²) in [5.74, 6) is 0.582. The Balaban J connectivity index is 3.36. The van der Waals surface area contributed by atoms with Crippen molar-refractivity contribution in [2.75, 3.05) is 6.54 Å². The number of hydrogen-bond acceptors (Lipinski definition) is 2. The molecule has 0 rings (SSSR count). The van der Waals surface area contributed by atoms with Crippen molar-refractivity contribution in [1.29, 1.82) is 0 Å². The van der Waals surface area contributed by atoms with Crippen LogP contribution in [0.25, 0.3) is 0 Å². The summed E-state index contributed by atoms with van der Waals surface area (Å²) >= 11 is 0. The van der Waals surface area contributed by atoms with E-state index >= 15 is 0 Å². The van der Waals surface area contributed by atoms with Crippen molar-refractivity contribution >= 4 is 5.84 Å². The van der Waals surface area contributed by atoms with Gasteiger partial charge in [0.05, 0.1) is 0 Å². The Morgan fingerprint density at radius 1 is 1.45 bits per heavy atom. The second-order valence-corrected chi connectivity index (χ2v) is 3.97. The third kappa shape index (κ3) is 9.27. The van der Waals surface area contributed by atoms with Gasteiger partial charge in [-0.05, 0) is 18.8 Å². The van der Waals surface area contributed by atoms with Crippen LogP contribution in [-0.2, 0) is 0 Å². The topological polar surface area (TPSA) is 50.4 Å². The van der Waals surface area contributed by atoms with Crippen LogP contribution in [0.5, 0.6) is 0 Å². The molecule has 0 heterocycles. The van der Waals surface area contributed by atoms with Gasteiger partial charge in [-0.1, -0.05) is 20.8 Å². The highest BCUT2D eigenvalue weighted by Crippen LogP contribution is 2.16.